The van der Waals surface area contributed by atoms with Gasteiger partial charge in [0.05, 0.1) is 0 Å². The molecule has 0 saturated carbocycles. The molecule has 0 spiro atoms. The van der Waals surface area contributed by atoms with E-state index in [0.29, 0.717) is 6.42 Å². The van der Waals surface area contributed by atoms with Gasteiger partial charge in [-0.25, -0.2) is 0 Å². The average molecular weight is 189 g/mol. The molecule has 0 saturated heterocycles. The van der Waals surface area contributed by atoms with Crippen molar-refractivity contribution in [3.63, 3.8) is 0 Å². The van der Waals surface area contributed by atoms with Crippen LogP contribution in [0.25, 0.3) is 0 Å². The van der Waals surface area contributed by atoms with Crippen molar-refractivity contribution in [3.05, 3.63) is 10.1 Å². The van der Waals surface area contributed by atoms with Crippen LogP contribution < -0.4 is 0 Å². The van der Waals surface area contributed by atoms with Gasteiger partial charge in [-0.05, 0) is 12.3 Å². The number of aliphatic hydroxyl groups is 1. The summed E-state index contributed by atoms with van der Waals surface area (Å²) in [7, 11) is 0. The first-order valence-corrected chi connectivity index (χ1v) is 4.50. The van der Waals surface area contributed by atoms with E-state index in [-0.39, 0.29) is 0 Å². The van der Waals surface area contributed by atoms with E-state index in [4.69, 9.17) is 0 Å². The Morgan fingerprint density at radius 1 is 1.38 bits per heavy atom. The lowest BCUT2D eigenvalue weighted by Crippen LogP contribution is -2.53. The molecule has 0 aliphatic heterocycles. The summed E-state index contributed by atoms with van der Waals surface area (Å²) in [5.74, 6) is 0. The molecule has 0 aromatic carbocycles. The van der Waals surface area contributed by atoms with Gasteiger partial charge < -0.3 is 5.11 Å². The summed E-state index contributed by atoms with van der Waals surface area (Å²) in [6, 6.07) is -0.896. The molecule has 4 nitrogen and oxygen atoms in total. The van der Waals surface area contributed by atoms with Gasteiger partial charge in [-0.15, -0.1) is 0 Å². The third-order valence-corrected chi connectivity index (χ3v) is 2.81. The zero-order valence-corrected chi connectivity index (χ0v) is 9.00. The first kappa shape index (κ1) is 12.4. The first-order valence-electron chi connectivity index (χ1n) is 4.50. The van der Waals surface area contributed by atoms with Crippen molar-refractivity contribution >= 4 is 0 Å². The Bertz CT molecular complexity index is 194. The third-order valence-electron chi connectivity index (χ3n) is 2.81. The van der Waals surface area contributed by atoms with Crippen molar-refractivity contribution in [1.82, 2.24) is 0 Å². The number of rotatable bonds is 3. The summed E-state index contributed by atoms with van der Waals surface area (Å²) < 4.78 is 0. The smallest absolute Gasteiger partial charge is 0.241 e. The van der Waals surface area contributed by atoms with Crippen LogP contribution in [0, 0.1) is 15.5 Å². The van der Waals surface area contributed by atoms with E-state index >= 15 is 0 Å². The van der Waals surface area contributed by atoms with Crippen molar-refractivity contribution < 1.29 is 10.0 Å². The molecule has 0 aliphatic rings. The van der Waals surface area contributed by atoms with E-state index in [9.17, 15) is 15.2 Å². The van der Waals surface area contributed by atoms with Gasteiger partial charge in [-0.1, -0.05) is 27.7 Å². The summed E-state index contributed by atoms with van der Waals surface area (Å²) in [5.41, 5.74) is -1.76. The van der Waals surface area contributed by atoms with Crippen molar-refractivity contribution in [3.8, 4) is 0 Å². The molecule has 0 aromatic rings. The van der Waals surface area contributed by atoms with E-state index < -0.39 is 22.0 Å². The zero-order chi connectivity index (χ0) is 10.9. The van der Waals surface area contributed by atoms with Crippen LogP contribution in [0.4, 0.5) is 0 Å². The molecule has 1 N–H and O–H groups in total. The van der Waals surface area contributed by atoms with Crippen LogP contribution >= 0.6 is 0 Å². The maximum absolute atomic E-state index is 10.7. The third kappa shape index (κ3) is 2.40. The van der Waals surface area contributed by atoms with Crippen molar-refractivity contribution in [2.24, 2.45) is 5.41 Å². The number of nitrogens with zero attached hydrogens (tertiary/aromatic N) is 1. The van der Waals surface area contributed by atoms with Crippen molar-refractivity contribution in [2.45, 2.75) is 52.7 Å². The predicted octanol–water partition coefficient (Wildman–Crippen LogP) is 1.84. The van der Waals surface area contributed by atoms with Crippen LogP contribution in [-0.4, -0.2) is 21.7 Å². The van der Waals surface area contributed by atoms with E-state index in [1.54, 1.807) is 27.7 Å². The highest BCUT2D eigenvalue weighted by Gasteiger charge is 2.48. The molecule has 0 aliphatic carbocycles. The van der Waals surface area contributed by atoms with E-state index in [2.05, 4.69) is 0 Å². The minimum absolute atomic E-state index is 0.345. The van der Waals surface area contributed by atoms with Crippen LogP contribution in [-0.2, 0) is 0 Å². The standard InChI is InChI=1S/C9H19NO3/c1-6-7(10(12)13)9(5,11)8(2,3)4/h7,11H,6H2,1-5H3. The molecule has 2 atom stereocenters. The Hall–Kier alpha value is -0.640. The van der Waals surface area contributed by atoms with E-state index in [1.807, 2.05) is 0 Å². The first-order chi connectivity index (χ1) is 5.64. The molecule has 4 heteroatoms. The molecule has 0 heterocycles. The van der Waals surface area contributed by atoms with Crippen molar-refractivity contribution in [1.29, 1.82) is 0 Å². The molecular formula is C9H19NO3. The minimum atomic E-state index is -1.27. The Kier molecular flexibility index (Phi) is 3.44. The molecule has 0 amide bonds. The zero-order valence-electron chi connectivity index (χ0n) is 9.00. The monoisotopic (exact) mass is 189 g/mol. The second-order valence-electron chi connectivity index (χ2n) is 4.61. The van der Waals surface area contributed by atoms with Crippen LogP contribution in [0.15, 0.2) is 0 Å². The highest BCUT2D eigenvalue weighted by Crippen LogP contribution is 2.34. The fourth-order valence-electron chi connectivity index (χ4n) is 1.25. The SMILES string of the molecule is CCC([N+](=O)[O-])C(C)(O)C(C)(C)C. The molecule has 0 fully saturated rings. The van der Waals surface area contributed by atoms with Gasteiger partial charge in [0.15, 0.2) is 0 Å². The fourth-order valence-corrected chi connectivity index (χ4v) is 1.25. The van der Waals surface area contributed by atoms with Crippen LogP contribution in [0.5, 0.6) is 0 Å². The van der Waals surface area contributed by atoms with Crippen molar-refractivity contribution in [2.75, 3.05) is 0 Å². The molecule has 0 radical (unpaired) electrons. The summed E-state index contributed by atoms with van der Waals surface area (Å²) >= 11 is 0. The Labute approximate surface area is 79.1 Å². The number of hydrogen-bond acceptors (Lipinski definition) is 3. The number of nitro groups is 1. The molecule has 13 heavy (non-hydrogen) atoms. The lowest BCUT2D eigenvalue weighted by atomic mass is 9.72. The molecular weight excluding hydrogens is 170 g/mol. The summed E-state index contributed by atoms with van der Waals surface area (Å²) in [6.45, 7) is 8.66. The Morgan fingerprint density at radius 2 is 1.77 bits per heavy atom. The molecule has 0 rings (SSSR count). The Morgan fingerprint density at radius 3 is 1.85 bits per heavy atom. The predicted molar refractivity (Wildman–Crippen MR) is 51.2 cm³/mol. The summed E-state index contributed by atoms with van der Waals surface area (Å²) in [6.07, 6.45) is 0.345. The largest absolute Gasteiger partial charge is 0.382 e. The van der Waals surface area contributed by atoms with Gasteiger partial charge >= 0.3 is 0 Å². The van der Waals surface area contributed by atoms with Gasteiger partial charge in [0, 0.05) is 11.3 Å². The quantitative estimate of drug-likeness (QED) is 0.544. The van der Waals surface area contributed by atoms with Gasteiger partial charge in [0.2, 0.25) is 6.04 Å². The topological polar surface area (TPSA) is 63.4 Å². The maximum Gasteiger partial charge on any atom is 0.241 e. The highest BCUT2D eigenvalue weighted by atomic mass is 16.6. The lowest BCUT2D eigenvalue weighted by molar-refractivity contribution is -0.550. The van der Waals surface area contributed by atoms with E-state index in [1.165, 1.54) is 6.92 Å². The van der Waals surface area contributed by atoms with Crippen LogP contribution in [0.2, 0.25) is 0 Å². The summed E-state index contributed by atoms with van der Waals surface area (Å²) in [4.78, 5) is 10.3. The summed E-state index contributed by atoms with van der Waals surface area (Å²) in [5, 5.41) is 20.7. The van der Waals surface area contributed by atoms with E-state index in [0.717, 1.165) is 0 Å². The molecule has 0 aromatic heterocycles. The number of hydrogen-bond donors (Lipinski definition) is 1. The Balaban J connectivity index is 4.89. The minimum Gasteiger partial charge on any atom is -0.382 e. The molecule has 2 unspecified atom stereocenters. The second kappa shape index (κ2) is 3.62. The maximum atomic E-state index is 10.7. The highest BCUT2D eigenvalue weighted by molar-refractivity contribution is 4.92. The van der Waals surface area contributed by atoms with Gasteiger partial charge in [-0.3, -0.25) is 10.1 Å². The molecule has 78 valence electrons. The van der Waals surface area contributed by atoms with Gasteiger partial charge in [-0.2, -0.15) is 0 Å². The lowest BCUT2D eigenvalue weighted by Gasteiger charge is -2.38. The second-order valence-corrected chi connectivity index (χ2v) is 4.61. The fraction of sp³-hybridized carbons (Fsp3) is 1.00. The normalized spacial score (nSPS) is 19.2. The van der Waals surface area contributed by atoms with Crippen LogP contribution in [0.3, 0.4) is 0 Å². The van der Waals surface area contributed by atoms with Gasteiger partial charge in [0.25, 0.3) is 0 Å². The van der Waals surface area contributed by atoms with Gasteiger partial charge in [0.1, 0.15) is 5.60 Å². The molecule has 0 bridgehead atoms. The average Bonchev–Trinajstić information content (AvgIpc) is 1.83. The van der Waals surface area contributed by atoms with Crippen LogP contribution in [0.1, 0.15) is 41.0 Å².